The van der Waals surface area contributed by atoms with Gasteiger partial charge < -0.3 is 10.2 Å². The van der Waals surface area contributed by atoms with Gasteiger partial charge in [0.2, 0.25) is 0 Å². The lowest BCUT2D eigenvalue weighted by molar-refractivity contribution is 0.260. The molecule has 0 amide bonds. The third kappa shape index (κ3) is 3.25. The van der Waals surface area contributed by atoms with Crippen LogP contribution in [-0.2, 0) is 0 Å². The van der Waals surface area contributed by atoms with E-state index in [4.69, 9.17) is 4.98 Å². The molecule has 2 unspecified atom stereocenters. The molecule has 0 aliphatic carbocycles. The molecule has 2 aliphatic heterocycles. The number of aryl methyl sites for hydroxylation is 1. The lowest BCUT2D eigenvalue weighted by Gasteiger charge is -2.23. The van der Waals surface area contributed by atoms with E-state index < -0.39 is 0 Å². The van der Waals surface area contributed by atoms with Crippen molar-refractivity contribution in [2.75, 3.05) is 37.6 Å². The summed E-state index contributed by atoms with van der Waals surface area (Å²) in [7, 11) is 0. The zero-order valence-electron chi connectivity index (χ0n) is 13.6. The highest BCUT2D eigenvalue weighted by molar-refractivity contribution is 7.15. The van der Waals surface area contributed by atoms with Gasteiger partial charge in [0.05, 0.1) is 5.69 Å². The number of hydrogen-bond acceptors (Lipinski definition) is 5. The molecular weight excluding hydrogens is 280 g/mol. The van der Waals surface area contributed by atoms with Crippen molar-refractivity contribution in [1.29, 1.82) is 0 Å². The molecule has 3 heterocycles. The molecule has 1 N–H and O–H groups in total. The van der Waals surface area contributed by atoms with Crippen LogP contribution in [0.5, 0.6) is 0 Å². The van der Waals surface area contributed by atoms with Crippen LogP contribution in [0, 0.1) is 6.92 Å². The molecule has 2 aliphatic rings. The number of hydrogen-bond donors (Lipinski definition) is 1. The lowest BCUT2D eigenvalue weighted by atomic mass is 10.2. The first-order chi connectivity index (χ1) is 10.2. The van der Waals surface area contributed by atoms with E-state index in [9.17, 15) is 0 Å². The maximum Gasteiger partial charge on any atom is 0.185 e. The number of anilines is 1. The van der Waals surface area contributed by atoms with Crippen LogP contribution in [0.2, 0.25) is 0 Å². The minimum absolute atomic E-state index is 0.415. The second-order valence-electron chi connectivity index (χ2n) is 6.36. The highest BCUT2D eigenvalue weighted by Crippen LogP contribution is 2.33. The molecule has 3 rings (SSSR count). The van der Waals surface area contributed by atoms with Crippen LogP contribution in [0.25, 0.3) is 0 Å². The van der Waals surface area contributed by atoms with E-state index in [0.717, 1.165) is 12.6 Å². The van der Waals surface area contributed by atoms with Crippen molar-refractivity contribution in [3.05, 3.63) is 10.6 Å². The van der Waals surface area contributed by atoms with E-state index >= 15 is 0 Å². The van der Waals surface area contributed by atoms with Gasteiger partial charge in [-0.1, -0.05) is 6.92 Å². The summed E-state index contributed by atoms with van der Waals surface area (Å²) in [6, 6.07) is 1.17. The SMILES string of the molecule is CCNC(C)c1sc(N2CCC(N3CCCC3)C2)nc1C. The van der Waals surface area contributed by atoms with Crippen LogP contribution in [0.3, 0.4) is 0 Å². The van der Waals surface area contributed by atoms with E-state index in [0.29, 0.717) is 6.04 Å². The fourth-order valence-electron chi connectivity index (χ4n) is 3.65. The van der Waals surface area contributed by atoms with Gasteiger partial charge in [-0.3, -0.25) is 4.90 Å². The van der Waals surface area contributed by atoms with Crippen LogP contribution in [-0.4, -0.2) is 48.6 Å². The topological polar surface area (TPSA) is 31.4 Å². The van der Waals surface area contributed by atoms with E-state index in [-0.39, 0.29) is 0 Å². The minimum atomic E-state index is 0.415. The second kappa shape index (κ2) is 6.63. The Morgan fingerprint density at radius 3 is 2.81 bits per heavy atom. The maximum atomic E-state index is 4.84. The van der Waals surface area contributed by atoms with Crippen LogP contribution in [0.4, 0.5) is 5.13 Å². The molecule has 21 heavy (non-hydrogen) atoms. The number of likely N-dealkylation sites (tertiary alicyclic amines) is 1. The van der Waals surface area contributed by atoms with E-state index in [1.807, 2.05) is 11.3 Å². The second-order valence-corrected chi connectivity index (χ2v) is 7.37. The first kappa shape index (κ1) is 15.3. The fourth-order valence-corrected chi connectivity index (χ4v) is 4.78. The Balaban J connectivity index is 1.66. The van der Waals surface area contributed by atoms with Crippen molar-refractivity contribution in [2.24, 2.45) is 0 Å². The van der Waals surface area contributed by atoms with Crippen molar-refractivity contribution in [3.8, 4) is 0 Å². The van der Waals surface area contributed by atoms with Crippen molar-refractivity contribution in [3.63, 3.8) is 0 Å². The normalized spacial score (nSPS) is 24.9. The molecule has 0 bridgehead atoms. The Hall–Kier alpha value is -0.650. The molecule has 0 spiro atoms. The molecule has 2 fully saturated rings. The van der Waals surface area contributed by atoms with Crippen LogP contribution in [0.15, 0.2) is 0 Å². The first-order valence-corrected chi connectivity index (χ1v) is 9.20. The van der Waals surface area contributed by atoms with Crippen molar-refractivity contribution < 1.29 is 0 Å². The zero-order chi connectivity index (χ0) is 14.8. The van der Waals surface area contributed by atoms with Crippen molar-refractivity contribution in [2.45, 2.75) is 52.1 Å². The Bertz CT molecular complexity index is 467. The van der Waals surface area contributed by atoms with Crippen LogP contribution < -0.4 is 10.2 Å². The van der Waals surface area contributed by atoms with E-state index in [1.54, 1.807) is 0 Å². The third-order valence-corrected chi connectivity index (χ3v) is 6.22. The summed E-state index contributed by atoms with van der Waals surface area (Å²) in [6.07, 6.45) is 4.07. The van der Waals surface area contributed by atoms with Gasteiger partial charge >= 0.3 is 0 Å². The maximum absolute atomic E-state index is 4.84. The molecule has 2 saturated heterocycles. The predicted octanol–water partition coefficient (Wildman–Crippen LogP) is 2.80. The molecular formula is C16H28N4S. The van der Waals surface area contributed by atoms with Gasteiger partial charge in [0.25, 0.3) is 0 Å². The van der Waals surface area contributed by atoms with Gasteiger partial charge in [-0.2, -0.15) is 0 Å². The third-order valence-electron chi connectivity index (χ3n) is 4.82. The number of rotatable bonds is 5. The Morgan fingerprint density at radius 1 is 1.33 bits per heavy atom. The monoisotopic (exact) mass is 308 g/mol. The number of nitrogens with one attached hydrogen (secondary N) is 1. The minimum Gasteiger partial charge on any atom is -0.346 e. The van der Waals surface area contributed by atoms with Crippen LogP contribution in [0.1, 0.15) is 49.7 Å². The quantitative estimate of drug-likeness (QED) is 0.906. The summed E-state index contributed by atoms with van der Waals surface area (Å²) in [5, 5.41) is 4.73. The summed E-state index contributed by atoms with van der Waals surface area (Å²) in [5.74, 6) is 0. The average Bonchev–Trinajstić information content (AvgIpc) is 3.18. The van der Waals surface area contributed by atoms with Gasteiger partial charge in [0, 0.05) is 30.1 Å². The van der Waals surface area contributed by atoms with Crippen molar-refractivity contribution >= 4 is 16.5 Å². The highest BCUT2D eigenvalue weighted by atomic mass is 32.1. The zero-order valence-corrected chi connectivity index (χ0v) is 14.4. The smallest absolute Gasteiger partial charge is 0.185 e. The summed E-state index contributed by atoms with van der Waals surface area (Å²) >= 11 is 1.88. The van der Waals surface area contributed by atoms with Crippen molar-refractivity contribution in [1.82, 2.24) is 15.2 Å². The predicted molar refractivity (Wildman–Crippen MR) is 90.4 cm³/mol. The highest BCUT2D eigenvalue weighted by Gasteiger charge is 2.31. The molecule has 0 saturated carbocycles. The van der Waals surface area contributed by atoms with E-state index in [1.165, 1.54) is 61.1 Å². The molecule has 1 aromatic rings. The Morgan fingerprint density at radius 2 is 2.10 bits per heavy atom. The fraction of sp³-hybridized carbons (Fsp3) is 0.812. The number of thiazole rings is 1. The summed E-state index contributed by atoms with van der Waals surface area (Å²) in [5.41, 5.74) is 1.20. The van der Waals surface area contributed by atoms with E-state index in [2.05, 4.69) is 35.9 Å². The number of nitrogens with zero attached hydrogens (tertiary/aromatic N) is 3. The molecule has 118 valence electrons. The Kier molecular flexibility index (Phi) is 4.82. The number of aromatic nitrogens is 1. The Labute approximate surface area is 132 Å². The molecule has 4 nitrogen and oxygen atoms in total. The van der Waals surface area contributed by atoms with Gasteiger partial charge in [-0.15, -0.1) is 11.3 Å². The standard InChI is InChI=1S/C16H28N4S/c1-4-17-12(2)15-13(3)18-16(21-15)20-10-7-14(11-20)19-8-5-6-9-19/h12,14,17H,4-11H2,1-3H3. The molecule has 0 radical (unpaired) electrons. The van der Waals surface area contributed by atoms with Gasteiger partial charge in [-0.25, -0.2) is 4.98 Å². The molecule has 5 heteroatoms. The lowest BCUT2D eigenvalue weighted by Crippen LogP contribution is -2.35. The molecule has 2 atom stereocenters. The average molecular weight is 308 g/mol. The first-order valence-electron chi connectivity index (χ1n) is 8.38. The van der Waals surface area contributed by atoms with Gasteiger partial charge in [0.15, 0.2) is 5.13 Å². The van der Waals surface area contributed by atoms with Crippen LogP contribution >= 0.6 is 11.3 Å². The summed E-state index contributed by atoms with van der Waals surface area (Å²) in [4.78, 5) is 11.4. The summed E-state index contributed by atoms with van der Waals surface area (Å²) < 4.78 is 0. The van der Waals surface area contributed by atoms with Gasteiger partial charge in [-0.05, 0) is 52.7 Å². The molecule has 1 aromatic heterocycles. The molecule has 0 aromatic carbocycles. The van der Waals surface area contributed by atoms with Gasteiger partial charge in [0.1, 0.15) is 0 Å². The largest absolute Gasteiger partial charge is 0.346 e. The summed E-state index contributed by atoms with van der Waals surface area (Å²) in [6.45, 7) is 12.5.